The number of aliphatic hydroxyl groups is 1. The molecule has 2 rings (SSSR count). The van der Waals surface area contributed by atoms with Crippen LogP contribution in [0.1, 0.15) is 39.5 Å². The summed E-state index contributed by atoms with van der Waals surface area (Å²) in [5.74, 6) is 0.539. The van der Waals surface area contributed by atoms with Gasteiger partial charge in [0.25, 0.3) is 0 Å². The summed E-state index contributed by atoms with van der Waals surface area (Å²) in [5, 5.41) is 10.1. The van der Waals surface area contributed by atoms with E-state index in [0.29, 0.717) is 5.92 Å². The third kappa shape index (κ3) is 1.67. The topological polar surface area (TPSA) is 20.2 Å². The first kappa shape index (κ1) is 11.7. The molecule has 88 valence electrons. The average Bonchev–Trinajstić information content (AvgIpc) is 2.30. The first-order valence-electron chi connectivity index (χ1n) is 6.14. The molecule has 0 aromatic heterocycles. The van der Waals surface area contributed by atoms with Gasteiger partial charge in [-0.1, -0.05) is 36.0 Å². The lowest BCUT2D eigenvalue weighted by molar-refractivity contribution is 0.131. The molecule has 0 heterocycles. The summed E-state index contributed by atoms with van der Waals surface area (Å²) < 4.78 is 0. The summed E-state index contributed by atoms with van der Waals surface area (Å²) in [6.07, 6.45) is 5.84. The number of rotatable bonds is 1. The summed E-state index contributed by atoms with van der Waals surface area (Å²) in [4.78, 5) is 0. The van der Waals surface area contributed by atoms with E-state index >= 15 is 0 Å². The Balaban J connectivity index is 2.45. The molecule has 0 amide bonds. The molecule has 0 aliphatic heterocycles. The van der Waals surface area contributed by atoms with Crippen LogP contribution in [0.15, 0.2) is 36.0 Å². The Hall–Kier alpha value is -0.820. The molecule has 0 aromatic carbocycles. The van der Waals surface area contributed by atoms with Crippen molar-refractivity contribution < 1.29 is 5.11 Å². The van der Waals surface area contributed by atoms with Crippen molar-refractivity contribution >= 4 is 0 Å². The number of fused-ring (bicyclic) bond motifs is 2. The minimum atomic E-state index is -0.254. The van der Waals surface area contributed by atoms with Crippen molar-refractivity contribution in [2.75, 3.05) is 0 Å². The molecule has 2 bridgehead atoms. The summed E-state index contributed by atoms with van der Waals surface area (Å²) in [7, 11) is 0. The van der Waals surface area contributed by atoms with Crippen molar-refractivity contribution in [1.82, 2.24) is 0 Å². The molecule has 2 aliphatic carbocycles. The van der Waals surface area contributed by atoms with Crippen LogP contribution in [0.4, 0.5) is 0 Å². The van der Waals surface area contributed by atoms with Crippen molar-refractivity contribution in [3.05, 3.63) is 36.0 Å². The monoisotopic (exact) mass is 218 g/mol. The molecule has 1 saturated carbocycles. The zero-order valence-electron chi connectivity index (χ0n) is 10.4. The molecule has 0 aromatic rings. The minimum Gasteiger partial charge on any atom is -0.393 e. The zero-order valence-corrected chi connectivity index (χ0v) is 10.4. The largest absolute Gasteiger partial charge is 0.393 e. The molecule has 16 heavy (non-hydrogen) atoms. The van der Waals surface area contributed by atoms with Crippen LogP contribution in [0.25, 0.3) is 0 Å². The van der Waals surface area contributed by atoms with Crippen LogP contribution in [-0.2, 0) is 0 Å². The highest BCUT2D eigenvalue weighted by molar-refractivity contribution is 5.32. The fourth-order valence-corrected chi connectivity index (χ4v) is 3.36. The van der Waals surface area contributed by atoms with E-state index < -0.39 is 0 Å². The SMILES string of the molecule is C=C1C[C@@H](O)C[C@]2(C(=C)C)C[C@H]1CC=C2C. The van der Waals surface area contributed by atoms with Crippen molar-refractivity contribution in [1.29, 1.82) is 0 Å². The summed E-state index contributed by atoms with van der Waals surface area (Å²) in [6, 6.07) is 0. The van der Waals surface area contributed by atoms with Gasteiger partial charge in [-0.15, -0.1) is 0 Å². The number of hydrogen-bond acceptors (Lipinski definition) is 1. The summed E-state index contributed by atoms with van der Waals surface area (Å²) in [5.41, 5.74) is 3.84. The van der Waals surface area contributed by atoms with E-state index in [4.69, 9.17) is 0 Å². The van der Waals surface area contributed by atoms with Gasteiger partial charge in [-0.3, -0.25) is 0 Å². The molecule has 3 atom stereocenters. The van der Waals surface area contributed by atoms with Crippen LogP contribution in [0.5, 0.6) is 0 Å². The maximum atomic E-state index is 10.1. The van der Waals surface area contributed by atoms with Gasteiger partial charge >= 0.3 is 0 Å². The number of allylic oxidation sites excluding steroid dienone is 3. The normalized spacial score (nSPS) is 38.9. The number of aliphatic hydroxyl groups excluding tert-OH is 1. The lowest BCUT2D eigenvalue weighted by Crippen LogP contribution is -2.31. The second kappa shape index (κ2) is 3.89. The third-order valence-electron chi connectivity index (χ3n) is 4.53. The van der Waals surface area contributed by atoms with Crippen LogP contribution in [0, 0.1) is 11.3 Å². The van der Waals surface area contributed by atoms with Gasteiger partial charge in [0.2, 0.25) is 0 Å². The van der Waals surface area contributed by atoms with Gasteiger partial charge in [0.05, 0.1) is 6.10 Å². The van der Waals surface area contributed by atoms with Crippen LogP contribution >= 0.6 is 0 Å². The van der Waals surface area contributed by atoms with E-state index in [1.165, 1.54) is 16.7 Å². The summed E-state index contributed by atoms with van der Waals surface area (Å²) in [6.45, 7) is 12.6. The predicted molar refractivity (Wildman–Crippen MR) is 68.1 cm³/mol. The van der Waals surface area contributed by atoms with Crippen LogP contribution < -0.4 is 0 Å². The van der Waals surface area contributed by atoms with E-state index in [1.54, 1.807) is 0 Å². The van der Waals surface area contributed by atoms with Crippen molar-refractivity contribution in [3.63, 3.8) is 0 Å². The van der Waals surface area contributed by atoms with E-state index in [-0.39, 0.29) is 11.5 Å². The Morgan fingerprint density at radius 1 is 1.50 bits per heavy atom. The molecule has 0 saturated heterocycles. The fourth-order valence-electron chi connectivity index (χ4n) is 3.36. The maximum Gasteiger partial charge on any atom is 0.0588 e. The van der Waals surface area contributed by atoms with Crippen molar-refractivity contribution in [3.8, 4) is 0 Å². The molecule has 2 aliphatic rings. The Kier molecular flexibility index (Phi) is 2.83. The highest BCUT2D eigenvalue weighted by atomic mass is 16.3. The van der Waals surface area contributed by atoms with Crippen LogP contribution in [-0.4, -0.2) is 11.2 Å². The van der Waals surface area contributed by atoms with E-state index in [9.17, 15) is 5.11 Å². The summed E-state index contributed by atoms with van der Waals surface area (Å²) >= 11 is 0. The molecule has 1 nitrogen and oxygen atoms in total. The Labute approximate surface area is 98.6 Å². The van der Waals surface area contributed by atoms with Gasteiger partial charge in [-0.2, -0.15) is 0 Å². The van der Waals surface area contributed by atoms with Gasteiger partial charge in [-0.05, 0) is 45.4 Å². The third-order valence-corrected chi connectivity index (χ3v) is 4.53. The first-order chi connectivity index (χ1) is 7.45. The Morgan fingerprint density at radius 3 is 2.81 bits per heavy atom. The van der Waals surface area contributed by atoms with Gasteiger partial charge in [0.15, 0.2) is 0 Å². The second-order valence-electron chi connectivity index (χ2n) is 5.61. The van der Waals surface area contributed by atoms with Gasteiger partial charge in [-0.25, -0.2) is 0 Å². The maximum absolute atomic E-state index is 10.1. The average molecular weight is 218 g/mol. The Morgan fingerprint density at radius 2 is 2.19 bits per heavy atom. The smallest absolute Gasteiger partial charge is 0.0588 e. The van der Waals surface area contributed by atoms with E-state index in [2.05, 4.69) is 33.1 Å². The minimum absolute atomic E-state index is 0.0295. The highest BCUT2D eigenvalue weighted by Crippen LogP contribution is 2.52. The fraction of sp³-hybridized carbons (Fsp3) is 0.600. The quantitative estimate of drug-likeness (QED) is 0.666. The molecular formula is C15H22O. The van der Waals surface area contributed by atoms with Crippen LogP contribution in [0.2, 0.25) is 0 Å². The molecular weight excluding hydrogens is 196 g/mol. The molecule has 0 radical (unpaired) electrons. The Bertz CT molecular complexity index is 364. The molecule has 1 fully saturated rings. The predicted octanol–water partition coefficient (Wildman–Crippen LogP) is 3.62. The lowest BCUT2D eigenvalue weighted by atomic mass is 9.64. The standard InChI is InChI=1S/C15H22O/c1-10(2)15-8-13(6-5-12(15)4)11(3)7-14(16)9-15/h5,13-14,16H,1,3,6-9H2,2,4H3/t13-,14-,15+/m1/s1. The van der Waals surface area contributed by atoms with Gasteiger partial charge in [0, 0.05) is 5.41 Å². The second-order valence-corrected chi connectivity index (χ2v) is 5.61. The van der Waals surface area contributed by atoms with Crippen molar-refractivity contribution in [2.45, 2.75) is 45.6 Å². The van der Waals surface area contributed by atoms with Crippen molar-refractivity contribution in [2.24, 2.45) is 11.3 Å². The zero-order chi connectivity index (χ0) is 11.9. The van der Waals surface area contributed by atoms with E-state index in [0.717, 1.165) is 25.7 Å². The van der Waals surface area contributed by atoms with Crippen LogP contribution in [0.3, 0.4) is 0 Å². The first-order valence-corrected chi connectivity index (χ1v) is 6.14. The molecule has 0 spiro atoms. The van der Waals surface area contributed by atoms with E-state index in [1.807, 2.05) is 0 Å². The van der Waals surface area contributed by atoms with Gasteiger partial charge in [0.1, 0.15) is 0 Å². The highest BCUT2D eigenvalue weighted by Gasteiger charge is 2.42. The molecule has 1 heteroatoms. The van der Waals surface area contributed by atoms with Gasteiger partial charge < -0.3 is 5.11 Å². The number of hydrogen-bond donors (Lipinski definition) is 1. The lowest BCUT2D eigenvalue weighted by Gasteiger charge is -2.41. The molecule has 0 unspecified atom stereocenters. The molecule has 1 N–H and O–H groups in total.